The van der Waals surface area contributed by atoms with Crippen molar-refractivity contribution in [1.29, 1.82) is 0 Å². The van der Waals surface area contributed by atoms with Crippen LogP contribution in [0.1, 0.15) is 5.56 Å². The van der Waals surface area contributed by atoms with Gasteiger partial charge in [0.1, 0.15) is 11.6 Å². The fraction of sp³-hybridized carbons (Fsp3) is 0.150. The largest absolute Gasteiger partial charge is 0.318 e. The smallest absolute Gasteiger partial charge is 0.128 e. The number of hydrogen-bond donors (Lipinski definition) is 2. The number of likely N-dealkylation sites (N-methyl/N-ethyl adjacent to an activating group) is 2. The van der Waals surface area contributed by atoms with Crippen LogP contribution in [0.3, 0.4) is 0 Å². The van der Waals surface area contributed by atoms with E-state index in [1.54, 1.807) is 12.1 Å². The lowest BCUT2D eigenvalue weighted by Gasteiger charge is -2.50. The van der Waals surface area contributed by atoms with E-state index in [0.717, 1.165) is 26.5 Å². The first kappa shape index (κ1) is 32.2. The number of rotatable bonds is 11. The van der Waals surface area contributed by atoms with Gasteiger partial charge < -0.3 is 10.6 Å². The molecule has 0 saturated heterocycles. The maximum atomic E-state index is 17.6. The summed E-state index contributed by atoms with van der Waals surface area (Å²) in [7, 11) is 1.28. The Morgan fingerprint density at radius 1 is 0.652 bits per heavy atom. The summed E-state index contributed by atoms with van der Waals surface area (Å²) in [6, 6.07) is 46.0. The van der Waals surface area contributed by atoms with Gasteiger partial charge in [0.25, 0.3) is 0 Å². The molecule has 6 rings (SSSR count). The van der Waals surface area contributed by atoms with Gasteiger partial charge in [-0.1, -0.05) is 146 Å². The molecular weight excluding hydrogens is 608 g/mol. The molecule has 46 heavy (non-hydrogen) atoms. The molecule has 0 heterocycles. The molecule has 0 radical (unpaired) electrons. The lowest BCUT2D eigenvalue weighted by molar-refractivity contribution is 0.290. The Morgan fingerprint density at radius 2 is 1.15 bits per heavy atom. The molecule has 6 heteroatoms. The third-order valence-electron chi connectivity index (χ3n) is 8.73. The zero-order chi connectivity index (χ0) is 31.9. The summed E-state index contributed by atoms with van der Waals surface area (Å²) < 4.78 is 34.8. The Labute approximate surface area is 273 Å². The molecule has 1 aliphatic carbocycles. The van der Waals surface area contributed by atoms with Gasteiger partial charge in [0, 0.05) is 23.8 Å². The van der Waals surface area contributed by atoms with E-state index in [-0.39, 0.29) is 5.83 Å². The van der Waals surface area contributed by atoms with Crippen molar-refractivity contribution in [2.45, 2.75) is 17.1 Å². The van der Waals surface area contributed by atoms with Gasteiger partial charge in [-0.15, -0.1) is 0 Å². The zero-order valence-corrected chi connectivity index (χ0v) is 27.8. The number of nitrogens with one attached hydrogen (secondary N) is 2. The van der Waals surface area contributed by atoms with E-state index in [2.05, 4.69) is 65.2 Å². The second-order valence-corrected chi connectivity index (χ2v) is 15.8. The van der Waals surface area contributed by atoms with Gasteiger partial charge in [0.05, 0.1) is 5.41 Å². The topological polar surface area (TPSA) is 24.1 Å². The fourth-order valence-electron chi connectivity index (χ4n) is 6.81. The first-order valence-corrected chi connectivity index (χ1v) is 18.3. The molecular formula is C40H38F2N2P2. The van der Waals surface area contributed by atoms with Crippen LogP contribution in [0.25, 0.3) is 0 Å². The lowest BCUT2D eigenvalue weighted by Crippen LogP contribution is -2.61. The van der Waals surface area contributed by atoms with Crippen molar-refractivity contribution in [3.05, 3.63) is 175 Å². The average molecular weight is 647 g/mol. The summed E-state index contributed by atoms with van der Waals surface area (Å²) in [5.41, 5.74) is -1.37. The van der Waals surface area contributed by atoms with E-state index < -0.39 is 38.8 Å². The van der Waals surface area contributed by atoms with Crippen molar-refractivity contribution in [2.75, 3.05) is 20.6 Å². The van der Waals surface area contributed by atoms with E-state index >= 15 is 8.78 Å². The van der Waals surface area contributed by atoms with Crippen LogP contribution in [0, 0.1) is 5.82 Å². The predicted molar refractivity (Wildman–Crippen MR) is 195 cm³/mol. The Hall–Kier alpha value is -3.78. The van der Waals surface area contributed by atoms with Crippen LogP contribution >= 0.6 is 15.8 Å². The summed E-state index contributed by atoms with van der Waals surface area (Å²) >= 11 is 0. The van der Waals surface area contributed by atoms with Gasteiger partial charge in [0.15, 0.2) is 0 Å². The molecule has 5 aromatic rings. The molecule has 0 aliphatic heterocycles. The number of halogens is 2. The zero-order valence-electron chi connectivity index (χ0n) is 26.0. The summed E-state index contributed by atoms with van der Waals surface area (Å²) in [5.74, 6) is -0.732. The SMILES string of the molecule is CNCC(NC)C1(c2c(F)cccc2P(c2ccccc2)c2ccccc2)C(F)=CC=CC1P(c1ccccc1)c1ccccc1. The van der Waals surface area contributed by atoms with Crippen LogP contribution < -0.4 is 37.2 Å². The molecule has 3 atom stereocenters. The van der Waals surface area contributed by atoms with E-state index in [9.17, 15) is 0 Å². The molecule has 0 saturated carbocycles. The van der Waals surface area contributed by atoms with E-state index in [0.29, 0.717) is 12.1 Å². The number of benzene rings is 5. The third-order valence-corrected chi connectivity index (χ3v) is 14.1. The highest BCUT2D eigenvalue weighted by atomic mass is 31.1. The van der Waals surface area contributed by atoms with Gasteiger partial charge >= 0.3 is 0 Å². The van der Waals surface area contributed by atoms with Crippen molar-refractivity contribution < 1.29 is 8.78 Å². The normalized spacial score (nSPS) is 18.5. The Bertz CT molecular complexity index is 1700. The third kappa shape index (κ3) is 6.04. The second kappa shape index (κ2) is 14.8. The van der Waals surface area contributed by atoms with Crippen molar-refractivity contribution in [2.24, 2.45) is 0 Å². The summed E-state index contributed by atoms with van der Waals surface area (Å²) in [6.45, 7) is 0.428. The maximum Gasteiger partial charge on any atom is 0.128 e. The molecule has 0 spiro atoms. The monoisotopic (exact) mass is 646 g/mol. The van der Waals surface area contributed by atoms with Gasteiger partial charge in [-0.3, -0.25) is 0 Å². The van der Waals surface area contributed by atoms with Crippen LogP contribution in [-0.2, 0) is 5.41 Å². The first-order valence-electron chi connectivity index (χ1n) is 15.6. The Morgan fingerprint density at radius 3 is 1.63 bits per heavy atom. The number of allylic oxidation sites excluding steroid dienone is 3. The van der Waals surface area contributed by atoms with Crippen molar-refractivity contribution in [3.63, 3.8) is 0 Å². The molecule has 0 fully saturated rings. The van der Waals surface area contributed by atoms with Crippen molar-refractivity contribution in [3.8, 4) is 0 Å². The first-order chi connectivity index (χ1) is 22.6. The minimum Gasteiger partial charge on any atom is -0.318 e. The van der Waals surface area contributed by atoms with E-state index in [1.165, 1.54) is 6.07 Å². The lowest BCUT2D eigenvalue weighted by atomic mass is 9.68. The minimum absolute atomic E-state index is 0.337. The van der Waals surface area contributed by atoms with Crippen molar-refractivity contribution >= 4 is 42.4 Å². The van der Waals surface area contributed by atoms with E-state index in [1.807, 2.05) is 99.0 Å². The quantitative estimate of drug-likeness (QED) is 0.159. The molecule has 5 aromatic carbocycles. The summed E-state index contributed by atoms with van der Waals surface area (Å²) in [6.07, 6.45) is 5.49. The van der Waals surface area contributed by atoms with Crippen LogP contribution in [0.4, 0.5) is 8.78 Å². The van der Waals surface area contributed by atoms with Crippen LogP contribution in [0.2, 0.25) is 0 Å². The highest BCUT2D eigenvalue weighted by molar-refractivity contribution is 7.80. The maximum absolute atomic E-state index is 17.6. The molecule has 0 aromatic heterocycles. The summed E-state index contributed by atoms with van der Waals surface area (Å²) in [4.78, 5) is 0. The van der Waals surface area contributed by atoms with Crippen LogP contribution in [0.5, 0.6) is 0 Å². The molecule has 0 bridgehead atoms. The molecule has 3 unspecified atom stereocenters. The number of hydrogen-bond acceptors (Lipinski definition) is 2. The average Bonchev–Trinajstić information content (AvgIpc) is 3.10. The second-order valence-electron chi connectivity index (χ2n) is 11.3. The van der Waals surface area contributed by atoms with Gasteiger partial charge in [-0.05, 0) is 68.6 Å². The van der Waals surface area contributed by atoms with Crippen LogP contribution in [-0.4, -0.2) is 32.3 Å². The van der Waals surface area contributed by atoms with Crippen molar-refractivity contribution in [1.82, 2.24) is 10.6 Å². The minimum atomic E-state index is -1.38. The van der Waals surface area contributed by atoms with E-state index in [4.69, 9.17) is 0 Å². The van der Waals surface area contributed by atoms with Crippen LogP contribution in [0.15, 0.2) is 164 Å². The van der Waals surface area contributed by atoms with Gasteiger partial charge in [-0.2, -0.15) is 0 Å². The predicted octanol–water partition coefficient (Wildman–Crippen LogP) is 6.55. The molecule has 1 aliphatic rings. The Balaban J connectivity index is 1.72. The standard InChI is InChI=1S/C40H38F2N2P2/c1-43-29-37(44-2)40(36(42)27-16-28-38(40)46(32-21-11-5-12-22-32)33-23-13-6-14-24-33)39-34(41)25-15-26-35(39)45(30-17-7-3-8-18-30)31-19-9-4-10-20-31/h3-28,37-38,43-44H,29H2,1-2H3. The summed E-state index contributed by atoms with van der Waals surface area (Å²) in [5, 5.41) is 12.0. The fourth-order valence-corrected chi connectivity index (χ4v) is 12.4. The molecule has 2 N–H and O–H groups in total. The highest BCUT2D eigenvalue weighted by Crippen LogP contribution is 2.57. The highest BCUT2D eigenvalue weighted by Gasteiger charge is 2.55. The molecule has 0 amide bonds. The van der Waals surface area contributed by atoms with Gasteiger partial charge in [-0.25, -0.2) is 8.78 Å². The molecule has 2 nitrogen and oxygen atoms in total. The van der Waals surface area contributed by atoms with Gasteiger partial charge in [0.2, 0.25) is 0 Å². The Kier molecular flexibility index (Phi) is 10.3. The molecule has 232 valence electrons.